The van der Waals surface area contributed by atoms with E-state index in [1.165, 1.54) is 60.1 Å². The minimum Gasteiger partial charge on any atom is -0.143 e. The van der Waals surface area contributed by atoms with Crippen LogP contribution in [0.25, 0.3) is 42.7 Å². The first-order chi connectivity index (χ1) is 16.7. The Morgan fingerprint density at radius 1 is 0.559 bits per heavy atom. The van der Waals surface area contributed by atoms with Crippen LogP contribution in [0, 0.1) is 0 Å². The maximum Gasteiger partial charge on any atom is 0.147 e. The minimum atomic E-state index is 1.01. The van der Waals surface area contributed by atoms with Gasteiger partial charge in [-0.15, -0.1) is 20.4 Å². The van der Waals surface area contributed by atoms with Crippen molar-refractivity contribution in [2.24, 2.45) is 0 Å². The van der Waals surface area contributed by atoms with Gasteiger partial charge in [-0.2, -0.15) is 0 Å². The van der Waals surface area contributed by atoms with Gasteiger partial charge in [-0.25, -0.2) is 0 Å². The third kappa shape index (κ3) is 5.03. The molecular weight excluding hydrogens is 456 g/mol. The fourth-order valence-corrected chi connectivity index (χ4v) is 6.08. The predicted octanol–water partition coefficient (Wildman–Crippen LogP) is 8.50. The summed E-state index contributed by atoms with van der Waals surface area (Å²) < 4.78 is 0. The van der Waals surface area contributed by atoms with E-state index in [1.54, 1.807) is 22.7 Å². The van der Waals surface area contributed by atoms with Crippen LogP contribution in [-0.4, -0.2) is 20.4 Å². The molecule has 5 rings (SSSR count). The van der Waals surface area contributed by atoms with Crippen LogP contribution in [0.2, 0.25) is 0 Å². The number of benzene rings is 3. The van der Waals surface area contributed by atoms with Crippen LogP contribution in [0.1, 0.15) is 62.4 Å². The van der Waals surface area contributed by atoms with Crippen molar-refractivity contribution in [1.29, 1.82) is 0 Å². The fraction of sp³-hybridized carbons (Fsp3) is 0.357. The zero-order chi connectivity index (χ0) is 23.3. The van der Waals surface area contributed by atoms with Gasteiger partial charge in [0.1, 0.15) is 20.0 Å². The highest BCUT2D eigenvalue weighted by Crippen LogP contribution is 2.34. The average Bonchev–Trinajstić information content (AvgIpc) is 3.54. The Morgan fingerprint density at radius 2 is 1.12 bits per heavy atom. The zero-order valence-electron chi connectivity index (χ0n) is 19.9. The number of aryl methyl sites for hydroxylation is 2. The molecule has 0 saturated carbocycles. The van der Waals surface area contributed by atoms with E-state index in [0.29, 0.717) is 0 Å². The van der Waals surface area contributed by atoms with Gasteiger partial charge >= 0.3 is 0 Å². The zero-order valence-corrected chi connectivity index (χ0v) is 21.5. The molecule has 0 aliphatic rings. The van der Waals surface area contributed by atoms with Gasteiger partial charge < -0.3 is 0 Å². The van der Waals surface area contributed by atoms with Gasteiger partial charge in [0.15, 0.2) is 0 Å². The molecule has 6 heteroatoms. The number of unbranched alkanes of at least 4 members (excludes halogenated alkanes) is 4. The van der Waals surface area contributed by atoms with Crippen LogP contribution in [0.4, 0.5) is 0 Å². The second kappa shape index (κ2) is 10.7. The smallest absolute Gasteiger partial charge is 0.143 e. The van der Waals surface area contributed by atoms with Gasteiger partial charge in [0, 0.05) is 24.0 Å². The standard InChI is InChI=1S/C28H30N4S2/c1-3-5-7-9-25-29-31-27(33-25)21-15-16-23-20(17-21)13-11-19-12-14-22(18-24(19)23)28-32-30-26(34-28)10-8-6-4-2/h11-18H,3-10H2,1-2H3. The van der Waals surface area contributed by atoms with Gasteiger partial charge in [0.05, 0.1) is 0 Å². The lowest BCUT2D eigenvalue weighted by Crippen LogP contribution is -1.84. The average molecular weight is 487 g/mol. The van der Waals surface area contributed by atoms with E-state index in [2.05, 4.69) is 82.8 Å². The second-order valence-electron chi connectivity index (χ2n) is 8.85. The Balaban J connectivity index is 1.43. The maximum absolute atomic E-state index is 4.49. The summed E-state index contributed by atoms with van der Waals surface area (Å²) >= 11 is 3.44. The summed E-state index contributed by atoms with van der Waals surface area (Å²) in [6.07, 6.45) is 9.37. The van der Waals surface area contributed by atoms with Crippen molar-refractivity contribution in [2.45, 2.75) is 65.2 Å². The molecule has 3 aromatic carbocycles. The maximum atomic E-state index is 4.49. The molecule has 0 saturated heterocycles. The largest absolute Gasteiger partial charge is 0.147 e. The topological polar surface area (TPSA) is 51.6 Å². The summed E-state index contributed by atoms with van der Waals surface area (Å²) in [5.74, 6) is 0. The van der Waals surface area contributed by atoms with Crippen molar-refractivity contribution in [2.75, 3.05) is 0 Å². The van der Waals surface area contributed by atoms with Crippen molar-refractivity contribution in [3.8, 4) is 21.1 Å². The number of hydrogen-bond donors (Lipinski definition) is 0. The highest BCUT2D eigenvalue weighted by Gasteiger charge is 2.11. The summed E-state index contributed by atoms with van der Waals surface area (Å²) in [6, 6.07) is 17.7. The molecule has 0 aliphatic carbocycles. The molecule has 34 heavy (non-hydrogen) atoms. The van der Waals surface area contributed by atoms with E-state index in [9.17, 15) is 0 Å². The molecule has 4 nitrogen and oxygen atoms in total. The number of aromatic nitrogens is 4. The Bertz CT molecular complexity index is 1400. The lowest BCUT2D eigenvalue weighted by molar-refractivity contribution is 0.710. The lowest BCUT2D eigenvalue weighted by Gasteiger charge is -2.07. The second-order valence-corrected chi connectivity index (χ2v) is 11.0. The molecule has 0 N–H and O–H groups in total. The molecular formula is C28H30N4S2. The Hall–Kier alpha value is -2.70. The number of rotatable bonds is 10. The SMILES string of the molecule is CCCCCc1nnc(-c2ccc3c(ccc4ccc(-c5nnc(CCCCC)s5)cc43)c2)s1. The normalized spacial score (nSPS) is 11.6. The fourth-order valence-electron chi connectivity index (χ4n) is 4.32. The number of hydrogen-bond acceptors (Lipinski definition) is 6. The molecule has 2 heterocycles. The highest BCUT2D eigenvalue weighted by molar-refractivity contribution is 7.15. The van der Waals surface area contributed by atoms with E-state index in [-0.39, 0.29) is 0 Å². The van der Waals surface area contributed by atoms with Gasteiger partial charge in [-0.3, -0.25) is 0 Å². The molecule has 2 aromatic heterocycles. The van der Waals surface area contributed by atoms with Crippen molar-refractivity contribution in [1.82, 2.24) is 20.4 Å². The highest BCUT2D eigenvalue weighted by atomic mass is 32.1. The Kier molecular flexibility index (Phi) is 7.26. The molecule has 0 aliphatic heterocycles. The van der Waals surface area contributed by atoms with Crippen molar-refractivity contribution in [3.05, 3.63) is 58.5 Å². The van der Waals surface area contributed by atoms with Crippen molar-refractivity contribution in [3.63, 3.8) is 0 Å². The number of nitrogens with zero attached hydrogens (tertiary/aromatic N) is 4. The number of fused-ring (bicyclic) bond motifs is 3. The van der Waals surface area contributed by atoms with Gasteiger partial charge in [0.2, 0.25) is 0 Å². The first kappa shape index (κ1) is 23.1. The molecule has 0 spiro atoms. The van der Waals surface area contributed by atoms with E-state index < -0.39 is 0 Å². The van der Waals surface area contributed by atoms with Crippen LogP contribution >= 0.6 is 22.7 Å². The third-order valence-corrected chi connectivity index (χ3v) is 8.32. The van der Waals surface area contributed by atoms with Gasteiger partial charge in [-0.1, -0.05) is 98.6 Å². The summed E-state index contributed by atoms with van der Waals surface area (Å²) in [6.45, 7) is 4.46. The van der Waals surface area contributed by atoms with Crippen molar-refractivity contribution < 1.29 is 0 Å². The molecule has 0 fully saturated rings. The summed E-state index contributed by atoms with van der Waals surface area (Å²) in [4.78, 5) is 0. The molecule has 0 radical (unpaired) electrons. The Labute approximate surface area is 209 Å². The summed E-state index contributed by atoms with van der Waals surface area (Å²) in [5, 5.41) is 27.1. The first-order valence-corrected chi connectivity index (χ1v) is 14.0. The lowest BCUT2D eigenvalue weighted by atomic mass is 9.99. The Morgan fingerprint density at radius 3 is 1.76 bits per heavy atom. The minimum absolute atomic E-state index is 1.01. The van der Waals surface area contributed by atoms with E-state index >= 15 is 0 Å². The molecule has 0 amide bonds. The van der Waals surface area contributed by atoms with Gasteiger partial charge in [-0.05, 0) is 46.5 Å². The summed E-state index contributed by atoms with van der Waals surface area (Å²) in [7, 11) is 0. The van der Waals surface area contributed by atoms with Crippen LogP contribution in [0.3, 0.4) is 0 Å². The third-order valence-electron chi connectivity index (χ3n) is 6.25. The van der Waals surface area contributed by atoms with E-state index in [0.717, 1.165) is 44.0 Å². The van der Waals surface area contributed by atoms with E-state index in [1.807, 2.05) is 0 Å². The van der Waals surface area contributed by atoms with Crippen LogP contribution in [0.15, 0.2) is 48.5 Å². The monoisotopic (exact) mass is 486 g/mol. The summed E-state index contributed by atoms with van der Waals surface area (Å²) in [5.41, 5.74) is 2.28. The van der Waals surface area contributed by atoms with Crippen LogP contribution in [0.5, 0.6) is 0 Å². The predicted molar refractivity (Wildman–Crippen MR) is 146 cm³/mol. The molecule has 5 aromatic rings. The molecule has 0 unspecified atom stereocenters. The molecule has 0 atom stereocenters. The quantitative estimate of drug-likeness (QED) is 0.147. The molecule has 174 valence electrons. The van der Waals surface area contributed by atoms with E-state index in [4.69, 9.17) is 0 Å². The molecule has 0 bridgehead atoms. The van der Waals surface area contributed by atoms with Crippen LogP contribution < -0.4 is 0 Å². The van der Waals surface area contributed by atoms with Gasteiger partial charge in [0.25, 0.3) is 0 Å². The first-order valence-electron chi connectivity index (χ1n) is 12.4. The van der Waals surface area contributed by atoms with Crippen molar-refractivity contribution >= 4 is 44.2 Å². The van der Waals surface area contributed by atoms with Crippen LogP contribution in [-0.2, 0) is 12.8 Å².